The molecule has 7 heteroatoms. The third kappa shape index (κ3) is 3.95. The van der Waals surface area contributed by atoms with Gasteiger partial charge in [0.15, 0.2) is 6.10 Å². The summed E-state index contributed by atoms with van der Waals surface area (Å²) in [7, 11) is 0. The van der Waals surface area contributed by atoms with Crippen LogP contribution in [0.3, 0.4) is 0 Å². The SMILES string of the molecule is CC(Oc1ccc(F)cc1Br)C(=O)N1CCCC(c2nccs2)C1. The molecule has 1 aliphatic rings. The number of rotatable bonds is 4. The van der Waals surface area contributed by atoms with E-state index in [1.165, 1.54) is 18.2 Å². The topological polar surface area (TPSA) is 42.4 Å². The van der Waals surface area contributed by atoms with Gasteiger partial charge < -0.3 is 9.64 Å². The number of benzene rings is 1. The Bertz CT molecular complexity index is 711. The molecule has 2 unspecified atom stereocenters. The van der Waals surface area contributed by atoms with E-state index in [4.69, 9.17) is 4.74 Å². The Morgan fingerprint density at radius 3 is 3.08 bits per heavy atom. The van der Waals surface area contributed by atoms with Crippen molar-refractivity contribution in [2.24, 2.45) is 0 Å². The van der Waals surface area contributed by atoms with Gasteiger partial charge in [0.25, 0.3) is 5.91 Å². The van der Waals surface area contributed by atoms with Crippen LogP contribution < -0.4 is 4.74 Å². The van der Waals surface area contributed by atoms with Crippen LogP contribution in [-0.4, -0.2) is 35.0 Å². The number of ether oxygens (including phenoxy) is 1. The minimum atomic E-state index is -0.623. The lowest BCUT2D eigenvalue weighted by Crippen LogP contribution is -2.45. The number of hydrogen-bond acceptors (Lipinski definition) is 4. The average molecular weight is 413 g/mol. The second-order valence-corrected chi connectivity index (χ2v) is 7.61. The number of carbonyl (C=O) groups excluding carboxylic acids is 1. The highest BCUT2D eigenvalue weighted by molar-refractivity contribution is 9.10. The van der Waals surface area contributed by atoms with Gasteiger partial charge in [-0.1, -0.05) is 0 Å². The van der Waals surface area contributed by atoms with Crippen molar-refractivity contribution in [3.63, 3.8) is 0 Å². The van der Waals surface area contributed by atoms with E-state index in [9.17, 15) is 9.18 Å². The van der Waals surface area contributed by atoms with Crippen molar-refractivity contribution in [3.8, 4) is 5.75 Å². The minimum absolute atomic E-state index is 0.0486. The molecule has 0 aliphatic carbocycles. The van der Waals surface area contributed by atoms with Crippen molar-refractivity contribution in [1.29, 1.82) is 0 Å². The van der Waals surface area contributed by atoms with E-state index in [1.54, 1.807) is 24.5 Å². The lowest BCUT2D eigenvalue weighted by atomic mass is 9.98. The summed E-state index contributed by atoms with van der Waals surface area (Å²) in [6.45, 7) is 3.13. The number of halogens is 2. The number of likely N-dealkylation sites (tertiary alicyclic amines) is 1. The van der Waals surface area contributed by atoms with Crippen LogP contribution in [0.1, 0.15) is 30.7 Å². The molecule has 0 spiro atoms. The first-order chi connectivity index (χ1) is 11.5. The summed E-state index contributed by atoms with van der Waals surface area (Å²) in [6, 6.07) is 4.17. The Hall–Kier alpha value is -1.47. The van der Waals surface area contributed by atoms with Gasteiger partial charge in [-0.25, -0.2) is 9.37 Å². The third-order valence-electron chi connectivity index (χ3n) is 4.08. The molecule has 1 aromatic heterocycles. The molecule has 1 aromatic carbocycles. The Morgan fingerprint density at radius 2 is 2.38 bits per heavy atom. The largest absolute Gasteiger partial charge is 0.480 e. The van der Waals surface area contributed by atoms with E-state index in [-0.39, 0.29) is 11.7 Å². The molecule has 0 N–H and O–H groups in total. The summed E-state index contributed by atoms with van der Waals surface area (Å²) in [5, 5.41) is 3.05. The average Bonchev–Trinajstić information content (AvgIpc) is 3.11. The van der Waals surface area contributed by atoms with Crippen molar-refractivity contribution in [2.45, 2.75) is 31.8 Å². The first-order valence-corrected chi connectivity index (χ1v) is 9.51. The fourth-order valence-electron chi connectivity index (χ4n) is 2.88. The Morgan fingerprint density at radius 1 is 1.54 bits per heavy atom. The fraction of sp³-hybridized carbons (Fsp3) is 0.412. The standard InChI is InChI=1S/C17H18BrFN2O2S/c1-11(23-15-5-4-13(19)9-14(15)18)17(22)21-7-2-3-12(10-21)16-20-6-8-24-16/h4-6,8-9,11-12H,2-3,7,10H2,1H3. The molecule has 1 amide bonds. The van der Waals surface area contributed by atoms with Gasteiger partial charge >= 0.3 is 0 Å². The Balaban J connectivity index is 1.64. The zero-order valence-electron chi connectivity index (χ0n) is 13.2. The second kappa shape index (κ2) is 7.61. The number of amides is 1. The van der Waals surface area contributed by atoms with E-state index < -0.39 is 6.10 Å². The summed E-state index contributed by atoms with van der Waals surface area (Å²) in [4.78, 5) is 18.9. The third-order valence-corrected chi connectivity index (χ3v) is 5.64. The molecule has 4 nitrogen and oxygen atoms in total. The van der Waals surface area contributed by atoms with Crippen molar-refractivity contribution in [1.82, 2.24) is 9.88 Å². The second-order valence-electron chi connectivity index (χ2n) is 5.83. The summed E-state index contributed by atoms with van der Waals surface area (Å²) >= 11 is 4.90. The van der Waals surface area contributed by atoms with Crippen LogP contribution in [0.5, 0.6) is 5.75 Å². The summed E-state index contributed by atoms with van der Waals surface area (Å²) < 4.78 is 19.4. The van der Waals surface area contributed by atoms with Crippen LogP contribution in [-0.2, 0) is 4.79 Å². The molecule has 24 heavy (non-hydrogen) atoms. The first kappa shape index (κ1) is 17.4. The highest BCUT2D eigenvalue weighted by atomic mass is 79.9. The van der Waals surface area contributed by atoms with Crippen LogP contribution in [0.4, 0.5) is 4.39 Å². The predicted molar refractivity (Wildman–Crippen MR) is 94.9 cm³/mol. The van der Waals surface area contributed by atoms with Crippen LogP contribution >= 0.6 is 27.3 Å². The van der Waals surface area contributed by atoms with Crippen LogP contribution in [0, 0.1) is 5.82 Å². The van der Waals surface area contributed by atoms with E-state index in [0.717, 1.165) is 24.4 Å². The van der Waals surface area contributed by atoms with Crippen LogP contribution in [0.25, 0.3) is 0 Å². The van der Waals surface area contributed by atoms with E-state index in [2.05, 4.69) is 20.9 Å². The van der Waals surface area contributed by atoms with Gasteiger partial charge in [0, 0.05) is 30.6 Å². The summed E-state index contributed by atoms with van der Waals surface area (Å²) in [6.07, 6.45) is 3.19. The van der Waals surface area contributed by atoms with E-state index >= 15 is 0 Å². The molecule has 3 rings (SSSR count). The van der Waals surface area contributed by atoms with Crippen molar-refractivity contribution < 1.29 is 13.9 Å². The fourth-order valence-corrected chi connectivity index (χ4v) is 4.10. The van der Waals surface area contributed by atoms with Crippen molar-refractivity contribution >= 4 is 33.2 Å². The summed E-state index contributed by atoms with van der Waals surface area (Å²) in [5.74, 6) is 0.362. The maximum absolute atomic E-state index is 13.1. The highest BCUT2D eigenvalue weighted by Gasteiger charge is 2.29. The van der Waals surface area contributed by atoms with Gasteiger partial charge in [-0.05, 0) is 53.9 Å². The quantitative estimate of drug-likeness (QED) is 0.754. The van der Waals surface area contributed by atoms with E-state index in [1.807, 2.05) is 10.3 Å². The Kier molecular flexibility index (Phi) is 5.50. The van der Waals surface area contributed by atoms with Gasteiger partial charge in [0.1, 0.15) is 11.6 Å². The van der Waals surface area contributed by atoms with Crippen molar-refractivity contribution in [3.05, 3.63) is 45.1 Å². The molecule has 2 atom stereocenters. The lowest BCUT2D eigenvalue weighted by molar-refractivity contribution is -0.139. The summed E-state index contributed by atoms with van der Waals surface area (Å²) in [5.41, 5.74) is 0. The normalized spacial score (nSPS) is 19.1. The van der Waals surface area contributed by atoms with Gasteiger partial charge in [0.05, 0.1) is 9.48 Å². The molecule has 2 heterocycles. The monoisotopic (exact) mass is 412 g/mol. The molecule has 1 fully saturated rings. The van der Waals surface area contributed by atoms with Crippen LogP contribution in [0.15, 0.2) is 34.2 Å². The van der Waals surface area contributed by atoms with E-state index in [0.29, 0.717) is 22.7 Å². The predicted octanol–water partition coefficient (Wildman–Crippen LogP) is 4.22. The lowest BCUT2D eigenvalue weighted by Gasteiger charge is -2.33. The van der Waals surface area contributed by atoms with Gasteiger partial charge in [0.2, 0.25) is 0 Å². The zero-order valence-corrected chi connectivity index (χ0v) is 15.6. The molecule has 1 aliphatic heterocycles. The van der Waals surface area contributed by atoms with Crippen LogP contribution in [0.2, 0.25) is 0 Å². The zero-order chi connectivity index (χ0) is 17.1. The smallest absolute Gasteiger partial charge is 0.263 e. The molecule has 0 saturated carbocycles. The maximum atomic E-state index is 13.1. The number of aromatic nitrogens is 1. The minimum Gasteiger partial charge on any atom is -0.480 e. The number of nitrogens with zero attached hydrogens (tertiary/aromatic N) is 2. The maximum Gasteiger partial charge on any atom is 0.263 e. The van der Waals surface area contributed by atoms with Gasteiger partial charge in [-0.15, -0.1) is 11.3 Å². The number of hydrogen-bond donors (Lipinski definition) is 0. The Labute approximate surface area is 152 Å². The molecule has 128 valence electrons. The van der Waals surface area contributed by atoms with Gasteiger partial charge in [-0.3, -0.25) is 4.79 Å². The molecular formula is C17H18BrFN2O2S. The molecule has 0 radical (unpaired) electrons. The first-order valence-electron chi connectivity index (χ1n) is 7.84. The molecule has 1 saturated heterocycles. The number of carbonyl (C=O) groups is 1. The molecule has 0 bridgehead atoms. The molecular weight excluding hydrogens is 395 g/mol. The van der Waals surface area contributed by atoms with Gasteiger partial charge in [-0.2, -0.15) is 0 Å². The molecule has 2 aromatic rings. The van der Waals surface area contributed by atoms with Crippen molar-refractivity contribution in [2.75, 3.05) is 13.1 Å². The number of thiazole rings is 1. The highest BCUT2D eigenvalue weighted by Crippen LogP contribution is 2.30. The number of piperidine rings is 1.